The van der Waals surface area contributed by atoms with Crippen LogP contribution in [0, 0.1) is 0 Å². The summed E-state index contributed by atoms with van der Waals surface area (Å²) >= 11 is 0. The summed E-state index contributed by atoms with van der Waals surface area (Å²) in [7, 11) is -1.18. The van der Waals surface area contributed by atoms with Gasteiger partial charge in [0.25, 0.3) is 0 Å². The van der Waals surface area contributed by atoms with Crippen molar-refractivity contribution < 1.29 is 8.76 Å². The van der Waals surface area contributed by atoms with E-state index in [2.05, 4.69) is 0 Å². The van der Waals surface area contributed by atoms with Gasteiger partial charge < -0.3 is 0 Å². The minimum Gasteiger partial charge on any atom is -0.287 e. The van der Waals surface area contributed by atoms with Crippen LogP contribution in [-0.2, 0) is 4.57 Å². The van der Waals surface area contributed by atoms with E-state index in [0.29, 0.717) is 0 Å². The van der Waals surface area contributed by atoms with Crippen LogP contribution in [0.25, 0.3) is 0 Å². The molecular weight excluding hydrogens is 96.9 g/mol. The summed E-state index contributed by atoms with van der Waals surface area (Å²) in [4.78, 5) is 0. The minimum absolute atomic E-state index is 1.54. The molecule has 0 amide bonds. The van der Waals surface area contributed by atoms with Gasteiger partial charge in [-0.05, 0) is 8.93 Å². The molecule has 0 saturated carbocycles. The molecule has 0 bridgehead atoms. The maximum absolute atomic E-state index is 10.5. The SMILES string of the molecule is O=[PH](F)P. The van der Waals surface area contributed by atoms with Gasteiger partial charge in [0, 0.05) is 0 Å². The third-order valence-corrected chi connectivity index (χ3v) is 0. The number of halogens is 1. The van der Waals surface area contributed by atoms with E-state index >= 15 is 0 Å². The monoisotopic (exact) mass is 100.0 g/mol. The van der Waals surface area contributed by atoms with E-state index in [0.717, 1.165) is 0 Å². The molecule has 2 unspecified atom stereocenters. The van der Waals surface area contributed by atoms with Gasteiger partial charge in [-0.25, -0.2) is 0 Å². The molecular formula is H3FOP2. The van der Waals surface area contributed by atoms with Crippen molar-refractivity contribution in [2.45, 2.75) is 0 Å². The summed E-state index contributed by atoms with van der Waals surface area (Å²) in [6.07, 6.45) is 0. The number of hydrogen-bond acceptors (Lipinski definition) is 1. The summed E-state index contributed by atoms with van der Waals surface area (Å²) in [5, 5.41) is 0. The van der Waals surface area contributed by atoms with Crippen LogP contribution in [0.4, 0.5) is 4.20 Å². The van der Waals surface area contributed by atoms with Gasteiger partial charge in [0.15, 0.2) is 0 Å². The second-order valence-corrected chi connectivity index (χ2v) is 2.27. The Morgan fingerprint density at radius 3 is 2.00 bits per heavy atom. The Kier molecular flexibility index (Phi) is 2.14. The van der Waals surface area contributed by atoms with Crippen molar-refractivity contribution in [3.8, 4) is 0 Å². The van der Waals surface area contributed by atoms with Gasteiger partial charge >= 0.3 is 0 Å². The van der Waals surface area contributed by atoms with Gasteiger partial charge in [-0.1, -0.05) is 0 Å². The molecule has 0 aliphatic heterocycles. The molecule has 26 valence electrons. The quantitative estimate of drug-likeness (QED) is 0.418. The second-order valence-electron chi connectivity index (χ2n) is 0.304. The van der Waals surface area contributed by atoms with Crippen molar-refractivity contribution in [3.05, 3.63) is 0 Å². The Balaban J connectivity index is 2.80. The largest absolute Gasteiger partial charge is 0.287 e. The molecule has 4 heteroatoms. The average molecular weight is 100.0 g/mol. The van der Waals surface area contributed by atoms with Crippen LogP contribution in [0.1, 0.15) is 0 Å². The lowest BCUT2D eigenvalue weighted by Gasteiger charge is -1.55. The molecule has 0 radical (unpaired) electrons. The predicted molar refractivity (Wildman–Crippen MR) is 19.8 cm³/mol. The van der Waals surface area contributed by atoms with E-state index in [9.17, 15) is 4.20 Å². The van der Waals surface area contributed by atoms with Crippen LogP contribution in [0.5, 0.6) is 0 Å². The normalized spacial score (nSPS) is 15.5. The zero-order valence-corrected chi connectivity index (χ0v) is 4.02. The zero-order valence-electron chi connectivity index (χ0n) is 1.86. The van der Waals surface area contributed by atoms with Crippen molar-refractivity contribution in [1.82, 2.24) is 0 Å². The van der Waals surface area contributed by atoms with Crippen molar-refractivity contribution in [1.29, 1.82) is 0 Å². The van der Waals surface area contributed by atoms with E-state index in [1.54, 1.807) is 0 Å². The maximum atomic E-state index is 10.5. The van der Waals surface area contributed by atoms with Crippen LogP contribution in [-0.4, -0.2) is 0 Å². The van der Waals surface area contributed by atoms with Crippen LogP contribution >= 0.6 is 16.7 Å². The van der Waals surface area contributed by atoms with Gasteiger partial charge in [-0.15, -0.1) is 0 Å². The van der Waals surface area contributed by atoms with Gasteiger partial charge in [-0.3, -0.25) is 4.57 Å². The molecule has 0 aliphatic rings. The lowest BCUT2D eigenvalue weighted by Crippen LogP contribution is -0.978. The minimum atomic E-state index is -2.71. The van der Waals surface area contributed by atoms with E-state index in [4.69, 9.17) is 4.57 Å². The Hall–Kier alpha value is 0.590. The summed E-state index contributed by atoms with van der Waals surface area (Å²) < 4.78 is 19.4. The fourth-order valence-corrected chi connectivity index (χ4v) is 0. The molecule has 0 aromatic rings. The lowest BCUT2D eigenvalue weighted by atomic mass is 16.0. The molecule has 0 N–H and O–H groups in total. The first-order valence-electron chi connectivity index (χ1n) is 0.682. The maximum Gasteiger partial charge on any atom is 0.246 e. The van der Waals surface area contributed by atoms with E-state index < -0.39 is 7.80 Å². The Morgan fingerprint density at radius 2 is 2.00 bits per heavy atom. The van der Waals surface area contributed by atoms with Crippen molar-refractivity contribution >= 4 is 16.7 Å². The highest BCUT2D eigenvalue weighted by atomic mass is 32.0. The van der Waals surface area contributed by atoms with Gasteiger partial charge in [0.05, 0.1) is 0 Å². The molecule has 0 saturated heterocycles. The highest BCUT2D eigenvalue weighted by molar-refractivity contribution is 8.03. The van der Waals surface area contributed by atoms with Crippen molar-refractivity contribution in [3.63, 3.8) is 0 Å². The van der Waals surface area contributed by atoms with Gasteiger partial charge in [0.1, 0.15) is 0 Å². The fraction of sp³-hybridized carbons (Fsp3) is 0. The Morgan fingerprint density at radius 1 is 2.00 bits per heavy atom. The van der Waals surface area contributed by atoms with E-state index in [-0.39, 0.29) is 0 Å². The summed E-state index contributed by atoms with van der Waals surface area (Å²) in [5.74, 6) is 0. The third kappa shape index (κ3) is 18.8. The molecule has 0 spiro atoms. The van der Waals surface area contributed by atoms with Gasteiger partial charge in [0.2, 0.25) is 7.80 Å². The molecule has 0 fully saturated rings. The van der Waals surface area contributed by atoms with E-state index in [1.165, 1.54) is 8.93 Å². The highest BCUT2D eigenvalue weighted by Gasteiger charge is 1.65. The van der Waals surface area contributed by atoms with Crippen LogP contribution < -0.4 is 0 Å². The second kappa shape index (κ2) is 1.87. The molecule has 0 heterocycles. The average Bonchev–Trinajstić information content (AvgIpc) is 0.811. The first kappa shape index (κ1) is 4.59. The zero-order chi connectivity index (χ0) is 3.58. The van der Waals surface area contributed by atoms with Crippen LogP contribution in [0.2, 0.25) is 0 Å². The van der Waals surface area contributed by atoms with Crippen molar-refractivity contribution in [2.24, 2.45) is 0 Å². The molecule has 0 aromatic heterocycles. The molecule has 4 heavy (non-hydrogen) atoms. The molecule has 2 atom stereocenters. The third-order valence-electron chi connectivity index (χ3n) is 0. The van der Waals surface area contributed by atoms with E-state index in [1.807, 2.05) is 0 Å². The first-order valence-corrected chi connectivity index (χ1v) is 3.78. The molecule has 0 aromatic carbocycles. The number of hydrogen-bond donors (Lipinski definition) is 0. The predicted octanol–water partition coefficient (Wildman–Crippen LogP) is 1.22. The smallest absolute Gasteiger partial charge is 0.246 e. The van der Waals surface area contributed by atoms with Gasteiger partial charge in [-0.2, -0.15) is 4.20 Å². The first-order chi connectivity index (χ1) is 1.73. The van der Waals surface area contributed by atoms with Crippen LogP contribution in [0.3, 0.4) is 0 Å². The Labute approximate surface area is 26.6 Å². The topological polar surface area (TPSA) is 17.1 Å². The molecule has 0 rings (SSSR count). The standard InChI is InChI=1S/FH3OP2/c1-4(2)3/h4H,3H2. The summed E-state index contributed by atoms with van der Waals surface area (Å²) in [6.45, 7) is 0. The van der Waals surface area contributed by atoms with Crippen molar-refractivity contribution in [2.75, 3.05) is 0 Å². The highest BCUT2D eigenvalue weighted by Crippen LogP contribution is 2.30. The summed E-state index contributed by atoms with van der Waals surface area (Å²) in [5.41, 5.74) is 0. The number of rotatable bonds is 0. The molecule has 1 nitrogen and oxygen atoms in total. The molecule has 0 aliphatic carbocycles. The fourth-order valence-electron chi connectivity index (χ4n) is 0. The lowest BCUT2D eigenvalue weighted by molar-refractivity contribution is 0.572. The Bertz CT molecular complexity index is 29.0. The van der Waals surface area contributed by atoms with Crippen LogP contribution in [0.15, 0.2) is 0 Å². The summed E-state index contributed by atoms with van der Waals surface area (Å²) in [6, 6.07) is 0.